The molecule has 0 aliphatic heterocycles. The first-order valence-electron chi connectivity index (χ1n) is 16.2. The van der Waals surface area contributed by atoms with Crippen molar-refractivity contribution in [3.8, 4) is 0 Å². The number of benzene rings is 1. The molecule has 0 aromatic heterocycles. The average Bonchev–Trinajstić information content (AvgIpc) is 3.27. The highest BCUT2D eigenvalue weighted by molar-refractivity contribution is 7.86. The van der Waals surface area contributed by atoms with Gasteiger partial charge in [0.05, 0.1) is 17.6 Å². The average molecular weight is 587 g/mol. The van der Waals surface area contributed by atoms with Crippen molar-refractivity contribution < 1.29 is 22.1 Å². The Morgan fingerprint density at radius 2 is 1.66 bits per heavy atom. The lowest BCUT2D eigenvalue weighted by Gasteiger charge is -2.61. The monoisotopic (exact) mass is 586 g/mol. The van der Waals surface area contributed by atoms with Crippen molar-refractivity contribution in [2.24, 2.45) is 45.8 Å². The second-order valence-corrected chi connectivity index (χ2v) is 16.4. The summed E-state index contributed by atoms with van der Waals surface area (Å²) in [6.45, 7) is 19.0. The lowest BCUT2D eigenvalue weighted by molar-refractivity contribution is -0.193. The quantitative estimate of drug-likeness (QED) is 0.165. The van der Waals surface area contributed by atoms with E-state index >= 15 is 0 Å². The minimum absolute atomic E-state index is 0.00289. The van der Waals surface area contributed by atoms with Gasteiger partial charge in [0.25, 0.3) is 10.1 Å². The molecule has 5 rings (SSSR count). The van der Waals surface area contributed by atoms with E-state index in [0.717, 1.165) is 18.4 Å². The second kappa shape index (κ2) is 11.4. The first-order chi connectivity index (χ1) is 19.2. The van der Waals surface area contributed by atoms with Gasteiger partial charge < -0.3 is 9.47 Å². The molecule has 5 nitrogen and oxygen atoms in total. The Bertz CT molecular complexity index is 1220. The molecule has 0 heterocycles. The van der Waals surface area contributed by atoms with E-state index in [2.05, 4.69) is 40.7 Å². The van der Waals surface area contributed by atoms with Crippen molar-refractivity contribution in [2.45, 2.75) is 118 Å². The van der Waals surface area contributed by atoms with Crippen LogP contribution in [0.15, 0.2) is 40.8 Å². The zero-order valence-corrected chi connectivity index (χ0v) is 27.6. The molecule has 1 aromatic carbocycles. The molecule has 0 spiro atoms. The van der Waals surface area contributed by atoms with Gasteiger partial charge in [0.1, 0.15) is 0 Å². The van der Waals surface area contributed by atoms with E-state index < -0.39 is 10.1 Å². The van der Waals surface area contributed by atoms with Crippen LogP contribution in [0.2, 0.25) is 0 Å². The molecule has 0 amide bonds. The smallest absolute Gasteiger partial charge is 0.296 e. The third-order valence-corrected chi connectivity index (χ3v) is 13.5. The maximum atomic E-state index is 12.9. The van der Waals surface area contributed by atoms with Crippen molar-refractivity contribution in [2.75, 3.05) is 13.2 Å². The predicted octanol–water partition coefficient (Wildman–Crippen LogP) is 8.32. The normalized spacial score (nSPS) is 37.9. The molecule has 230 valence electrons. The highest BCUT2D eigenvalue weighted by Gasteiger charge is 2.61. The van der Waals surface area contributed by atoms with Crippen LogP contribution in [0.1, 0.15) is 99.0 Å². The van der Waals surface area contributed by atoms with Gasteiger partial charge in [-0.2, -0.15) is 8.42 Å². The Kier molecular flexibility index (Phi) is 8.66. The molecular formula is C35H54O5S. The molecule has 0 saturated heterocycles. The molecule has 4 aliphatic rings. The third-order valence-electron chi connectivity index (χ3n) is 12.2. The molecular weight excluding hydrogens is 532 g/mol. The first-order valence-corrected chi connectivity index (χ1v) is 17.6. The summed E-state index contributed by atoms with van der Waals surface area (Å²) in [6, 6.07) is 6.95. The largest absolute Gasteiger partial charge is 0.353 e. The van der Waals surface area contributed by atoms with Crippen LogP contribution in [0.25, 0.3) is 0 Å². The minimum atomic E-state index is -3.74. The van der Waals surface area contributed by atoms with Crippen molar-refractivity contribution in [1.29, 1.82) is 0 Å². The number of hydrogen-bond donors (Lipinski definition) is 0. The van der Waals surface area contributed by atoms with Crippen molar-refractivity contribution in [3.63, 3.8) is 0 Å². The molecule has 0 N–H and O–H groups in total. The van der Waals surface area contributed by atoms with Crippen molar-refractivity contribution >= 4 is 10.1 Å². The molecule has 0 radical (unpaired) electrons. The summed E-state index contributed by atoms with van der Waals surface area (Å²) in [6.07, 6.45) is 10.9. The van der Waals surface area contributed by atoms with Crippen LogP contribution in [0, 0.1) is 52.8 Å². The van der Waals surface area contributed by atoms with Crippen molar-refractivity contribution in [3.05, 3.63) is 41.5 Å². The lowest BCUT2D eigenvalue weighted by Crippen LogP contribution is -2.55. The van der Waals surface area contributed by atoms with Crippen LogP contribution in [0.4, 0.5) is 0 Å². The number of fused-ring (bicyclic) bond motifs is 5. The van der Waals surface area contributed by atoms with E-state index in [9.17, 15) is 8.42 Å². The Hall–Kier alpha value is -1.21. The number of hydrogen-bond acceptors (Lipinski definition) is 5. The standard InChI is InChI=1S/C35H54O5S/c1-9-38-25(4)40-32-19-21-35(8)30-18-20-34(7)28(15-16-29(34)27(30)14-17-31(35)33(32,5)6)24(3)22-39-41(36,37)26-12-10-23(2)11-13-26/h10-13,17,24-25,27-30,32H,9,14-16,18-22H2,1-8H3/t24-,25?,27+,28-,29+,30+,32+,34-,35-/m1/s1. The van der Waals surface area contributed by atoms with Gasteiger partial charge >= 0.3 is 0 Å². The topological polar surface area (TPSA) is 61.8 Å². The molecule has 9 atom stereocenters. The lowest BCUT2D eigenvalue weighted by atomic mass is 9.44. The molecule has 4 aliphatic carbocycles. The summed E-state index contributed by atoms with van der Waals surface area (Å²) < 4.78 is 43.7. The fourth-order valence-corrected chi connectivity index (χ4v) is 11.2. The highest BCUT2D eigenvalue weighted by Crippen LogP contribution is 2.69. The maximum absolute atomic E-state index is 12.9. The van der Waals surface area contributed by atoms with E-state index in [1.54, 1.807) is 17.7 Å². The molecule has 1 aromatic rings. The van der Waals surface area contributed by atoms with Gasteiger partial charge in [-0.25, -0.2) is 0 Å². The third kappa shape index (κ3) is 5.49. The number of allylic oxidation sites excluding steroid dienone is 1. The maximum Gasteiger partial charge on any atom is 0.296 e. The van der Waals surface area contributed by atoms with Crippen molar-refractivity contribution in [1.82, 2.24) is 0 Å². The molecule has 6 heteroatoms. The van der Waals surface area contributed by atoms with Gasteiger partial charge in [-0.15, -0.1) is 0 Å². The summed E-state index contributed by atoms with van der Waals surface area (Å²) in [4.78, 5) is 0.250. The Morgan fingerprint density at radius 1 is 0.951 bits per heavy atom. The molecule has 0 bridgehead atoms. The van der Waals surface area contributed by atoms with Gasteiger partial charge in [0, 0.05) is 12.0 Å². The van der Waals surface area contributed by atoms with Gasteiger partial charge in [-0.3, -0.25) is 4.18 Å². The first kappa shape index (κ1) is 31.2. The zero-order valence-electron chi connectivity index (χ0n) is 26.7. The zero-order chi connectivity index (χ0) is 29.8. The van der Waals surface area contributed by atoms with Crippen LogP contribution in [-0.2, 0) is 23.8 Å². The summed E-state index contributed by atoms with van der Waals surface area (Å²) in [5, 5.41) is 0. The van der Waals surface area contributed by atoms with Gasteiger partial charge in [-0.1, -0.05) is 64.0 Å². The Morgan fingerprint density at radius 3 is 2.34 bits per heavy atom. The van der Waals surface area contributed by atoms with E-state index in [-0.39, 0.29) is 46.1 Å². The van der Waals surface area contributed by atoms with Crippen LogP contribution >= 0.6 is 0 Å². The van der Waals surface area contributed by atoms with E-state index in [4.69, 9.17) is 13.7 Å². The van der Waals surface area contributed by atoms with E-state index in [1.165, 1.54) is 32.1 Å². The fraction of sp³-hybridized carbons (Fsp3) is 0.771. The SMILES string of the molecule is CCOC(C)O[C@H]1CC[C@@]2(C)C(=CC[C@H]3[C@@H]4CC[C@H]([C@H](C)COS(=O)(=O)c5ccc(C)cc5)[C@@]4(C)CC[C@@H]32)C1(C)C. The van der Waals surface area contributed by atoms with Crippen LogP contribution in [0.5, 0.6) is 0 Å². The predicted molar refractivity (Wildman–Crippen MR) is 164 cm³/mol. The fourth-order valence-electron chi connectivity index (χ4n) is 10.2. The van der Waals surface area contributed by atoms with Crippen LogP contribution in [0.3, 0.4) is 0 Å². The summed E-state index contributed by atoms with van der Waals surface area (Å²) >= 11 is 0. The number of aryl methyl sites for hydroxylation is 1. The van der Waals surface area contributed by atoms with Crippen LogP contribution < -0.4 is 0 Å². The van der Waals surface area contributed by atoms with Crippen LogP contribution in [-0.4, -0.2) is 34.0 Å². The highest BCUT2D eigenvalue weighted by atomic mass is 32.2. The van der Waals surface area contributed by atoms with Gasteiger partial charge in [0.15, 0.2) is 6.29 Å². The van der Waals surface area contributed by atoms with Gasteiger partial charge in [-0.05, 0) is 118 Å². The molecule has 1 unspecified atom stereocenters. The molecule has 3 fully saturated rings. The van der Waals surface area contributed by atoms with E-state index in [1.807, 2.05) is 32.9 Å². The number of rotatable bonds is 9. The second-order valence-electron chi connectivity index (χ2n) is 14.8. The van der Waals surface area contributed by atoms with Gasteiger partial charge in [0.2, 0.25) is 0 Å². The molecule has 41 heavy (non-hydrogen) atoms. The Labute approximate surface area is 249 Å². The summed E-state index contributed by atoms with van der Waals surface area (Å²) in [7, 11) is -3.74. The molecule has 3 saturated carbocycles. The minimum Gasteiger partial charge on any atom is -0.353 e. The Balaban J connectivity index is 1.29. The summed E-state index contributed by atoms with van der Waals surface area (Å²) in [5.74, 6) is 2.78. The summed E-state index contributed by atoms with van der Waals surface area (Å²) in [5.41, 5.74) is 3.11. The number of ether oxygens (including phenoxy) is 2. The van der Waals surface area contributed by atoms with E-state index in [0.29, 0.717) is 30.3 Å².